The monoisotopic (exact) mass is 382 g/mol. The number of nitrogens with one attached hydrogen (secondary N) is 1. The van der Waals surface area contributed by atoms with E-state index in [2.05, 4.69) is 21.0 Å². The summed E-state index contributed by atoms with van der Waals surface area (Å²) in [6.45, 7) is 4.82. The molecule has 0 bridgehead atoms. The molecule has 0 spiro atoms. The Balaban J connectivity index is 1.49. The third-order valence-corrected chi connectivity index (χ3v) is 5.45. The van der Waals surface area contributed by atoms with E-state index in [1.54, 1.807) is 24.8 Å². The molecule has 1 N–H and O–H groups in total. The number of benzene rings is 1. The summed E-state index contributed by atoms with van der Waals surface area (Å²) in [6.07, 6.45) is 1.81. The SMILES string of the molecule is CCc1cc(=O)n2[nH]c([C@H]3CCN(Cc4ccc(OC)c(OC)c4)C3)cc2n1. The van der Waals surface area contributed by atoms with Crippen molar-refractivity contribution in [1.29, 1.82) is 0 Å². The van der Waals surface area contributed by atoms with Crippen molar-refractivity contribution in [2.75, 3.05) is 27.3 Å². The van der Waals surface area contributed by atoms with E-state index in [9.17, 15) is 4.79 Å². The van der Waals surface area contributed by atoms with Crippen LogP contribution in [0.15, 0.2) is 35.1 Å². The van der Waals surface area contributed by atoms with E-state index < -0.39 is 0 Å². The lowest BCUT2D eigenvalue weighted by Crippen LogP contribution is -2.20. The van der Waals surface area contributed by atoms with Crippen molar-refractivity contribution in [2.45, 2.75) is 32.2 Å². The zero-order valence-electron chi connectivity index (χ0n) is 16.6. The maximum atomic E-state index is 12.3. The van der Waals surface area contributed by atoms with E-state index in [0.717, 1.165) is 55.4 Å². The molecular weight excluding hydrogens is 356 g/mol. The van der Waals surface area contributed by atoms with E-state index in [0.29, 0.717) is 11.6 Å². The van der Waals surface area contributed by atoms with E-state index in [1.807, 2.05) is 25.1 Å². The molecule has 148 valence electrons. The Labute approximate surface area is 163 Å². The number of ether oxygens (including phenoxy) is 2. The third kappa shape index (κ3) is 3.49. The zero-order chi connectivity index (χ0) is 19.7. The Morgan fingerprint density at radius 1 is 1.18 bits per heavy atom. The van der Waals surface area contributed by atoms with E-state index in [-0.39, 0.29) is 5.56 Å². The minimum Gasteiger partial charge on any atom is -0.493 e. The average Bonchev–Trinajstić information content (AvgIpc) is 3.34. The number of H-pyrrole nitrogens is 1. The molecule has 7 nitrogen and oxygen atoms in total. The highest BCUT2D eigenvalue weighted by molar-refractivity contribution is 5.43. The number of hydrogen-bond donors (Lipinski definition) is 1. The van der Waals surface area contributed by atoms with Crippen LogP contribution in [0.25, 0.3) is 5.65 Å². The highest BCUT2D eigenvalue weighted by atomic mass is 16.5. The highest BCUT2D eigenvalue weighted by Crippen LogP contribution is 2.31. The van der Waals surface area contributed by atoms with Gasteiger partial charge in [0.2, 0.25) is 0 Å². The van der Waals surface area contributed by atoms with Crippen LogP contribution < -0.4 is 15.0 Å². The molecule has 1 atom stereocenters. The number of likely N-dealkylation sites (tertiary alicyclic amines) is 1. The normalized spacial score (nSPS) is 17.3. The molecule has 3 heterocycles. The smallest absolute Gasteiger partial charge is 0.272 e. The van der Waals surface area contributed by atoms with Gasteiger partial charge in [0.1, 0.15) is 0 Å². The van der Waals surface area contributed by atoms with Gasteiger partial charge in [-0.3, -0.25) is 14.8 Å². The lowest BCUT2D eigenvalue weighted by atomic mass is 10.1. The first kappa shape index (κ1) is 18.6. The van der Waals surface area contributed by atoms with Gasteiger partial charge in [-0.05, 0) is 37.1 Å². The summed E-state index contributed by atoms with van der Waals surface area (Å²) >= 11 is 0. The Morgan fingerprint density at radius 2 is 2.00 bits per heavy atom. The standard InChI is InChI=1S/C21H26N4O3/c1-4-16-10-21(26)25-20(22-16)11-17(23-25)15-7-8-24(13-15)12-14-5-6-18(27-2)19(9-14)28-3/h5-6,9-11,15,23H,4,7-8,12-13H2,1-3H3/t15-/m0/s1. The van der Waals surface area contributed by atoms with Crippen molar-refractivity contribution in [2.24, 2.45) is 0 Å². The van der Waals surface area contributed by atoms with E-state index in [4.69, 9.17) is 9.47 Å². The molecule has 28 heavy (non-hydrogen) atoms. The van der Waals surface area contributed by atoms with Crippen molar-refractivity contribution >= 4 is 5.65 Å². The van der Waals surface area contributed by atoms with Gasteiger partial charge in [0, 0.05) is 42.5 Å². The van der Waals surface area contributed by atoms with Crippen molar-refractivity contribution in [3.8, 4) is 11.5 Å². The molecule has 1 saturated heterocycles. The average molecular weight is 382 g/mol. The second-order valence-corrected chi connectivity index (χ2v) is 7.25. The molecule has 1 aliphatic rings. The Bertz CT molecular complexity index is 1040. The predicted octanol–water partition coefficient (Wildman–Crippen LogP) is 2.59. The maximum absolute atomic E-state index is 12.3. The molecule has 1 aliphatic heterocycles. The van der Waals surface area contributed by atoms with Crippen LogP contribution in [0.5, 0.6) is 11.5 Å². The molecule has 0 saturated carbocycles. The summed E-state index contributed by atoms with van der Waals surface area (Å²) in [6, 6.07) is 9.68. The molecule has 0 amide bonds. The van der Waals surface area contributed by atoms with Gasteiger partial charge in [0.25, 0.3) is 5.56 Å². The largest absolute Gasteiger partial charge is 0.493 e. The lowest BCUT2D eigenvalue weighted by molar-refractivity contribution is 0.323. The third-order valence-electron chi connectivity index (χ3n) is 5.45. The Kier molecular flexibility index (Phi) is 5.09. The van der Waals surface area contributed by atoms with Gasteiger partial charge in [-0.15, -0.1) is 0 Å². The quantitative estimate of drug-likeness (QED) is 0.710. The van der Waals surface area contributed by atoms with Gasteiger partial charge in [0.05, 0.1) is 14.2 Å². The van der Waals surface area contributed by atoms with E-state index in [1.165, 1.54) is 5.56 Å². The molecule has 0 unspecified atom stereocenters. The van der Waals surface area contributed by atoms with Gasteiger partial charge in [-0.25, -0.2) is 9.50 Å². The minimum absolute atomic E-state index is 0.0479. The number of aryl methyl sites for hydroxylation is 1. The van der Waals surface area contributed by atoms with Crippen LogP contribution in [-0.4, -0.2) is 46.8 Å². The molecule has 4 rings (SSSR count). The van der Waals surface area contributed by atoms with Crippen molar-refractivity contribution < 1.29 is 9.47 Å². The first-order chi connectivity index (χ1) is 13.6. The number of aromatic nitrogens is 3. The van der Waals surface area contributed by atoms with Crippen LogP contribution in [0.1, 0.15) is 36.2 Å². The molecular formula is C21H26N4O3. The Hall–Kier alpha value is -2.80. The summed E-state index contributed by atoms with van der Waals surface area (Å²) in [5.74, 6) is 1.86. The molecule has 1 aromatic carbocycles. The van der Waals surface area contributed by atoms with Gasteiger partial charge >= 0.3 is 0 Å². The summed E-state index contributed by atoms with van der Waals surface area (Å²) in [7, 11) is 3.30. The molecule has 0 radical (unpaired) electrons. The van der Waals surface area contributed by atoms with Crippen LogP contribution in [0, 0.1) is 0 Å². The van der Waals surface area contributed by atoms with Crippen LogP contribution in [0.3, 0.4) is 0 Å². The van der Waals surface area contributed by atoms with E-state index >= 15 is 0 Å². The van der Waals surface area contributed by atoms with Gasteiger partial charge < -0.3 is 9.47 Å². The molecule has 1 fully saturated rings. The first-order valence-electron chi connectivity index (χ1n) is 9.66. The number of rotatable bonds is 6. The maximum Gasteiger partial charge on any atom is 0.272 e. The van der Waals surface area contributed by atoms with Gasteiger partial charge in [-0.1, -0.05) is 13.0 Å². The number of nitrogens with zero attached hydrogens (tertiary/aromatic N) is 3. The summed E-state index contributed by atoms with van der Waals surface area (Å²) in [4.78, 5) is 19.2. The number of fused-ring (bicyclic) bond motifs is 1. The first-order valence-corrected chi connectivity index (χ1v) is 9.66. The van der Waals surface area contributed by atoms with Crippen LogP contribution >= 0.6 is 0 Å². The molecule has 3 aromatic rings. The second kappa shape index (κ2) is 7.67. The highest BCUT2D eigenvalue weighted by Gasteiger charge is 2.26. The summed E-state index contributed by atoms with van der Waals surface area (Å²) in [5, 5.41) is 3.25. The molecule has 0 aliphatic carbocycles. The van der Waals surface area contributed by atoms with Crippen molar-refractivity contribution in [1.82, 2.24) is 19.5 Å². The van der Waals surface area contributed by atoms with Crippen LogP contribution in [0.2, 0.25) is 0 Å². The topological polar surface area (TPSA) is 71.9 Å². The van der Waals surface area contributed by atoms with Gasteiger partial charge in [0.15, 0.2) is 17.1 Å². The number of methoxy groups -OCH3 is 2. The minimum atomic E-state index is -0.0479. The van der Waals surface area contributed by atoms with Crippen molar-refractivity contribution in [3.05, 3.63) is 57.6 Å². The summed E-state index contributed by atoms with van der Waals surface area (Å²) in [5.41, 5.74) is 3.76. The fourth-order valence-electron chi connectivity index (χ4n) is 3.92. The lowest BCUT2D eigenvalue weighted by Gasteiger charge is -2.17. The fourth-order valence-corrected chi connectivity index (χ4v) is 3.92. The zero-order valence-corrected chi connectivity index (χ0v) is 16.6. The molecule has 7 heteroatoms. The van der Waals surface area contributed by atoms with Gasteiger partial charge in [-0.2, -0.15) is 0 Å². The summed E-state index contributed by atoms with van der Waals surface area (Å²) < 4.78 is 12.3. The number of hydrogen-bond acceptors (Lipinski definition) is 5. The Morgan fingerprint density at radius 3 is 2.75 bits per heavy atom. The molecule has 2 aromatic heterocycles. The predicted molar refractivity (Wildman–Crippen MR) is 107 cm³/mol. The number of aromatic amines is 1. The fraction of sp³-hybridized carbons (Fsp3) is 0.429. The van der Waals surface area contributed by atoms with Crippen LogP contribution in [0.4, 0.5) is 0 Å². The van der Waals surface area contributed by atoms with Crippen LogP contribution in [-0.2, 0) is 13.0 Å². The van der Waals surface area contributed by atoms with Crippen molar-refractivity contribution in [3.63, 3.8) is 0 Å². The second-order valence-electron chi connectivity index (χ2n) is 7.25.